The molecule has 2 atom stereocenters. The van der Waals surface area contributed by atoms with Crippen LogP contribution in [-0.2, 0) is 9.53 Å². The number of esters is 1. The second-order valence-corrected chi connectivity index (χ2v) is 6.29. The highest BCUT2D eigenvalue weighted by atomic mass is 16.5. The first-order valence-electron chi connectivity index (χ1n) is 8.21. The molecule has 1 aromatic rings. The molecular weight excluding hydrogens is 312 g/mol. The van der Waals surface area contributed by atoms with Crippen molar-refractivity contribution in [2.24, 2.45) is 5.92 Å². The van der Waals surface area contributed by atoms with Gasteiger partial charge in [-0.15, -0.1) is 0 Å². The third-order valence-electron chi connectivity index (χ3n) is 4.28. The minimum absolute atomic E-state index is 0.0747. The standard InChI is InChI=1S/C17H24N2O5/c1-10-6-4-5-7-14(10)18-17(22)19-15(20)9-23-16(21)13-8-11(2)24-12(13)3/h8,10,14H,4-7,9H2,1-3H3,(H2,18,19,20,22)/t10-,14+/m0/s1. The summed E-state index contributed by atoms with van der Waals surface area (Å²) in [6.45, 7) is 4.93. The molecule has 3 amide bonds. The lowest BCUT2D eigenvalue weighted by atomic mass is 9.86. The summed E-state index contributed by atoms with van der Waals surface area (Å²) in [5.41, 5.74) is 0.279. The van der Waals surface area contributed by atoms with Crippen LogP contribution in [0.25, 0.3) is 0 Å². The Morgan fingerprint density at radius 1 is 1.25 bits per heavy atom. The molecule has 1 aliphatic rings. The molecule has 0 aromatic carbocycles. The number of hydrogen-bond donors (Lipinski definition) is 2. The summed E-state index contributed by atoms with van der Waals surface area (Å²) in [6.07, 6.45) is 4.23. The van der Waals surface area contributed by atoms with Gasteiger partial charge in [0.05, 0.1) is 0 Å². The van der Waals surface area contributed by atoms with Gasteiger partial charge in [-0.25, -0.2) is 9.59 Å². The first-order chi connectivity index (χ1) is 11.4. The summed E-state index contributed by atoms with van der Waals surface area (Å²) in [6, 6.07) is 1.07. The van der Waals surface area contributed by atoms with Crippen LogP contribution in [0, 0.1) is 19.8 Å². The predicted octanol–water partition coefficient (Wildman–Crippen LogP) is 2.46. The lowest BCUT2D eigenvalue weighted by molar-refractivity contribution is -0.123. The van der Waals surface area contributed by atoms with E-state index in [-0.39, 0.29) is 11.6 Å². The van der Waals surface area contributed by atoms with Gasteiger partial charge < -0.3 is 14.5 Å². The second kappa shape index (κ2) is 7.99. The molecule has 0 bridgehead atoms. The van der Waals surface area contributed by atoms with Gasteiger partial charge in [-0.2, -0.15) is 0 Å². The van der Waals surface area contributed by atoms with Gasteiger partial charge in [0, 0.05) is 6.04 Å². The van der Waals surface area contributed by atoms with Crippen molar-refractivity contribution in [1.29, 1.82) is 0 Å². The Hall–Kier alpha value is -2.31. The number of nitrogens with one attached hydrogen (secondary N) is 2. The number of furan rings is 1. The van der Waals surface area contributed by atoms with Crippen molar-refractivity contribution in [3.05, 3.63) is 23.2 Å². The predicted molar refractivity (Wildman–Crippen MR) is 86.6 cm³/mol. The van der Waals surface area contributed by atoms with E-state index in [4.69, 9.17) is 9.15 Å². The van der Waals surface area contributed by atoms with E-state index in [9.17, 15) is 14.4 Å². The summed E-state index contributed by atoms with van der Waals surface area (Å²) in [4.78, 5) is 35.4. The fourth-order valence-electron chi connectivity index (χ4n) is 2.94. The smallest absolute Gasteiger partial charge is 0.342 e. The van der Waals surface area contributed by atoms with Crippen molar-refractivity contribution in [3.8, 4) is 0 Å². The quantitative estimate of drug-likeness (QED) is 0.823. The second-order valence-electron chi connectivity index (χ2n) is 6.29. The molecular formula is C17H24N2O5. The molecule has 24 heavy (non-hydrogen) atoms. The summed E-state index contributed by atoms with van der Waals surface area (Å²) >= 11 is 0. The molecule has 2 N–H and O–H groups in total. The van der Waals surface area contributed by atoms with Gasteiger partial charge in [-0.1, -0.05) is 19.8 Å². The minimum Gasteiger partial charge on any atom is -0.466 e. The van der Waals surface area contributed by atoms with Crippen LogP contribution < -0.4 is 10.6 Å². The molecule has 1 aromatic heterocycles. The first-order valence-corrected chi connectivity index (χ1v) is 8.21. The fraction of sp³-hybridized carbons (Fsp3) is 0.588. The van der Waals surface area contributed by atoms with Crippen LogP contribution in [0.15, 0.2) is 10.5 Å². The largest absolute Gasteiger partial charge is 0.466 e. The van der Waals surface area contributed by atoms with Crippen molar-refractivity contribution >= 4 is 17.9 Å². The molecule has 1 aliphatic carbocycles. The van der Waals surface area contributed by atoms with Gasteiger partial charge in [-0.05, 0) is 38.7 Å². The van der Waals surface area contributed by atoms with Crippen LogP contribution in [0.4, 0.5) is 4.79 Å². The summed E-state index contributed by atoms with van der Waals surface area (Å²) in [5.74, 6) is 0.0968. The monoisotopic (exact) mass is 336 g/mol. The Morgan fingerprint density at radius 2 is 1.96 bits per heavy atom. The van der Waals surface area contributed by atoms with E-state index in [1.807, 2.05) is 0 Å². The molecule has 132 valence electrons. The number of amides is 3. The highest BCUT2D eigenvalue weighted by Gasteiger charge is 2.23. The molecule has 1 heterocycles. The van der Waals surface area contributed by atoms with Gasteiger partial charge >= 0.3 is 12.0 Å². The van der Waals surface area contributed by atoms with E-state index in [2.05, 4.69) is 17.6 Å². The number of carbonyl (C=O) groups is 3. The number of rotatable bonds is 4. The van der Waals surface area contributed by atoms with E-state index in [1.54, 1.807) is 19.9 Å². The maximum Gasteiger partial charge on any atom is 0.342 e. The Kier molecular flexibility index (Phi) is 6.00. The molecule has 0 aliphatic heterocycles. The topological polar surface area (TPSA) is 97.6 Å². The molecule has 0 radical (unpaired) electrons. The van der Waals surface area contributed by atoms with Gasteiger partial charge in [0.1, 0.15) is 17.1 Å². The molecule has 1 fully saturated rings. The van der Waals surface area contributed by atoms with Crippen molar-refractivity contribution in [2.45, 2.75) is 52.5 Å². The number of hydrogen-bond acceptors (Lipinski definition) is 5. The zero-order chi connectivity index (χ0) is 17.7. The van der Waals surface area contributed by atoms with Crippen LogP contribution in [0.3, 0.4) is 0 Å². The molecule has 0 unspecified atom stereocenters. The first kappa shape index (κ1) is 18.0. The van der Waals surface area contributed by atoms with E-state index < -0.39 is 24.5 Å². The number of aryl methyl sites for hydroxylation is 2. The molecule has 0 spiro atoms. The Morgan fingerprint density at radius 3 is 2.58 bits per heavy atom. The van der Waals surface area contributed by atoms with Crippen LogP contribution in [0.5, 0.6) is 0 Å². The third-order valence-corrected chi connectivity index (χ3v) is 4.28. The van der Waals surface area contributed by atoms with Crippen molar-refractivity contribution < 1.29 is 23.5 Å². The Bertz CT molecular complexity index is 622. The molecule has 1 saturated carbocycles. The molecule has 2 rings (SSSR count). The SMILES string of the molecule is Cc1cc(C(=O)OCC(=O)NC(=O)N[C@@H]2CCCC[C@@H]2C)c(C)o1. The van der Waals surface area contributed by atoms with E-state index in [0.717, 1.165) is 19.3 Å². The summed E-state index contributed by atoms with van der Waals surface area (Å²) < 4.78 is 10.1. The average Bonchev–Trinajstić information content (AvgIpc) is 2.86. The van der Waals surface area contributed by atoms with Crippen LogP contribution >= 0.6 is 0 Å². The Balaban J connectivity index is 1.75. The van der Waals surface area contributed by atoms with Gasteiger partial charge in [0.2, 0.25) is 0 Å². The number of carbonyl (C=O) groups excluding carboxylic acids is 3. The van der Waals surface area contributed by atoms with Crippen molar-refractivity contribution in [2.75, 3.05) is 6.61 Å². The van der Waals surface area contributed by atoms with Gasteiger partial charge in [0.15, 0.2) is 6.61 Å². The lowest BCUT2D eigenvalue weighted by Gasteiger charge is -2.29. The number of urea groups is 1. The van der Waals surface area contributed by atoms with E-state index >= 15 is 0 Å². The number of ether oxygens (including phenoxy) is 1. The molecule has 7 nitrogen and oxygen atoms in total. The van der Waals surface area contributed by atoms with E-state index in [1.165, 1.54) is 6.42 Å². The minimum atomic E-state index is -0.665. The van der Waals surface area contributed by atoms with Gasteiger partial charge in [0.25, 0.3) is 5.91 Å². The zero-order valence-electron chi connectivity index (χ0n) is 14.3. The summed E-state index contributed by atoms with van der Waals surface area (Å²) in [5, 5.41) is 4.99. The maximum absolute atomic E-state index is 11.9. The van der Waals surface area contributed by atoms with Crippen LogP contribution in [0.1, 0.15) is 54.5 Å². The maximum atomic E-state index is 11.9. The Labute approximate surface area is 141 Å². The lowest BCUT2D eigenvalue weighted by Crippen LogP contribution is -2.48. The third kappa shape index (κ3) is 4.84. The fourth-order valence-corrected chi connectivity index (χ4v) is 2.94. The summed E-state index contributed by atoms with van der Waals surface area (Å²) in [7, 11) is 0. The molecule has 7 heteroatoms. The average molecular weight is 336 g/mol. The highest BCUT2D eigenvalue weighted by molar-refractivity contribution is 5.97. The van der Waals surface area contributed by atoms with Crippen molar-refractivity contribution in [3.63, 3.8) is 0 Å². The normalized spacial score (nSPS) is 20.3. The highest BCUT2D eigenvalue weighted by Crippen LogP contribution is 2.23. The zero-order valence-corrected chi connectivity index (χ0v) is 14.3. The van der Waals surface area contributed by atoms with Crippen LogP contribution in [-0.4, -0.2) is 30.6 Å². The van der Waals surface area contributed by atoms with Crippen molar-refractivity contribution in [1.82, 2.24) is 10.6 Å². The van der Waals surface area contributed by atoms with Gasteiger partial charge in [-0.3, -0.25) is 10.1 Å². The van der Waals surface area contributed by atoms with E-state index in [0.29, 0.717) is 17.4 Å². The van der Waals surface area contributed by atoms with Crippen LogP contribution in [0.2, 0.25) is 0 Å². The molecule has 0 saturated heterocycles. The number of imide groups is 1.